The van der Waals surface area contributed by atoms with Gasteiger partial charge in [-0.05, 0) is 24.4 Å². The Kier molecular flexibility index (Phi) is 3.47. The Balaban J connectivity index is 3.12. The summed E-state index contributed by atoms with van der Waals surface area (Å²) in [6.07, 6.45) is 0. The van der Waals surface area contributed by atoms with E-state index in [0.717, 1.165) is 0 Å². The summed E-state index contributed by atoms with van der Waals surface area (Å²) in [5, 5.41) is 2.48. The minimum Gasteiger partial charge on any atom is -0.376 e. The molecule has 13 heavy (non-hydrogen) atoms. The Morgan fingerprint density at radius 3 is 2.77 bits per heavy atom. The van der Waals surface area contributed by atoms with E-state index in [2.05, 4.69) is 33.5 Å². The fraction of sp³-hybridized carbons (Fsp3) is 0. The predicted molar refractivity (Wildman–Crippen MR) is 59.5 cm³/mol. The van der Waals surface area contributed by atoms with Crippen LogP contribution in [0.15, 0.2) is 16.6 Å². The van der Waals surface area contributed by atoms with Gasteiger partial charge in [0.25, 0.3) is 0 Å². The van der Waals surface area contributed by atoms with Crippen molar-refractivity contribution in [3.63, 3.8) is 0 Å². The van der Waals surface area contributed by atoms with Crippen LogP contribution in [0.25, 0.3) is 0 Å². The first kappa shape index (κ1) is 10.7. The molecule has 0 heterocycles. The van der Waals surface area contributed by atoms with Crippen molar-refractivity contribution in [1.29, 1.82) is 0 Å². The Morgan fingerprint density at radius 1 is 1.62 bits per heavy atom. The van der Waals surface area contributed by atoms with Gasteiger partial charge in [-0.1, -0.05) is 27.5 Å². The van der Waals surface area contributed by atoms with Gasteiger partial charge in [0.2, 0.25) is 0 Å². The molecule has 6 heteroatoms. The highest BCUT2D eigenvalue weighted by atomic mass is 79.9. The number of benzene rings is 1. The normalized spacial score (nSPS) is 9.77. The fourth-order valence-corrected chi connectivity index (χ4v) is 1.70. The number of thiocarbonyl (C=S) groups is 1. The molecule has 0 saturated carbocycles. The summed E-state index contributed by atoms with van der Waals surface area (Å²) < 4.78 is 13.9. The van der Waals surface area contributed by atoms with Crippen molar-refractivity contribution in [2.45, 2.75) is 0 Å². The van der Waals surface area contributed by atoms with Crippen LogP contribution in [0.4, 0.5) is 10.1 Å². The molecule has 1 aromatic carbocycles. The minimum absolute atomic E-state index is 0.00642. The third kappa shape index (κ3) is 2.79. The van der Waals surface area contributed by atoms with Crippen LogP contribution in [0, 0.1) is 5.82 Å². The van der Waals surface area contributed by atoms with E-state index in [1.165, 1.54) is 12.1 Å². The third-order valence-electron chi connectivity index (χ3n) is 1.25. The Bertz CT molecular complexity index is 359. The third-order valence-corrected chi connectivity index (χ3v) is 2.09. The molecule has 1 aromatic rings. The molecule has 0 aliphatic rings. The van der Waals surface area contributed by atoms with E-state index in [4.69, 9.17) is 17.3 Å². The number of nitrogens with two attached hydrogens (primary N) is 1. The van der Waals surface area contributed by atoms with Crippen molar-refractivity contribution < 1.29 is 4.39 Å². The van der Waals surface area contributed by atoms with Gasteiger partial charge in [0.15, 0.2) is 10.9 Å². The largest absolute Gasteiger partial charge is 0.376 e. The number of anilines is 1. The lowest BCUT2D eigenvalue weighted by atomic mass is 10.3. The lowest BCUT2D eigenvalue weighted by Crippen LogP contribution is -2.19. The average Bonchev–Trinajstić information content (AvgIpc) is 1.98. The quantitative estimate of drug-likeness (QED) is 0.615. The Hall–Kier alpha value is -0.390. The molecule has 0 atom stereocenters. The highest BCUT2D eigenvalue weighted by Gasteiger charge is 2.08. The van der Waals surface area contributed by atoms with E-state index >= 15 is 0 Å². The molecule has 0 saturated heterocycles. The van der Waals surface area contributed by atoms with E-state index < -0.39 is 5.82 Å². The Labute approximate surface area is 93.4 Å². The molecule has 0 aromatic heterocycles. The molecule has 2 nitrogen and oxygen atoms in total. The smallest absolute Gasteiger partial charge is 0.168 e. The highest BCUT2D eigenvalue weighted by Crippen LogP contribution is 2.27. The van der Waals surface area contributed by atoms with Gasteiger partial charge in [0.1, 0.15) is 0 Å². The van der Waals surface area contributed by atoms with Crippen molar-refractivity contribution in [3.05, 3.63) is 27.4 Å². The molecular formula is C7H5BrClFN2S. The van der Waals surface area contributed by atoms with Crippen molar-refractivity contribution in [1.82, 2.24) is 0 Å². The molecular weight excluding hydrogens is 279 g/mol. The number of halogens is 3. The average molecular weight is 284 g/mol. The molecule has 1 rings (SSSR count). The second-order valence-electron chi connectivity index (χ2n) is 2.24. The first-order valence-electron chi connectivity index (χ1n) is 3.21. The van der Waals surface area contributed by atoms with Gasteiger partial charge in [-0.3, -0.25) is 0 Å². The van der Waals surface area contributed by atoms with Crippen molar-refractivity contribution in [3.8, 4) is 0 Å². The van der Waals surface area contributed by atoms with Crippen LogP contribution >= 0.6 is 39.7 Å². The van der Waals surface area contributed by atoms with E-state index in [9.17, 15) is 4.39 Å². The molecule has 0 amide bonds. The van der Waals surface area contributed by atoms with Crippen LogP contribution in [0.3, 0.4) is 0 Å². The summed E-state index contributed by atoms with van der Waals surface area (Å²) in [6, 6.07) is 2.95. The zero-order valence-corrected chi connectivity index (χ0v) is 9.43. The molecule has 70 valence electrons. The zero-order valence-electron chi connectivity index (χ0n) is 6.27. The lowest BCUT2D eigenvalue weighted by molar-refractivity contribution is 0.632. The Morgan fingerprint density at radius 2 is 2.23 bits per heavy atom. The zero-order chi connectivity index (χ0) is 10.0. The lowest BCUT2D eigenvalue weighted by Gasteiger charge is -2.06. The molecule has 0 spiro atoms. The number of hydrogen-bond acceptors (Lipinski definition) is 1. The monoisotopic (exact) mass is 282 g/mol. The topological polar surface area (TPSA) is 38.0 Å². The maximum atomic E-state index is 13.2. The van der Waals surface area contributed by atoms with E-state index in [1.54, 1.807) is 0 Å². The summed E-state index contributed by atoms with van der Waals surface area (Å²) >= 11 is 13.3. The maximum Gasteiger partial charge on any atom is 0.168 e. The van der Waals surface area contributed by atoms with Crippen molar-refractivity contribution in [2.24, 2.45) is 5.73 Å². The van der Waals surface area contributed by atoms with Crippen molar-refractivity contribution >= 4 is 50.5 Å². The molecule has 3 N–H and O–H groups in total. The summed E-state index contributed by atoms with van der Waals surface area (Å²) in [7, 11) is 0. The van der Waals surface area contributed by atoms with Gasteiger partial charge in [0, 0.05) is 4.47 Å². The van der Waals surface area contributed by atoms with Gasteiger partial charge >= 0.3 is 0 Å². The standard InChI is InChI=1S/C7H5BrClFN2S/c8-3-1-4(9)6(10)5(2-3)12-7(11)13/h1-2H,(H3,11,12,13). The number of nitrogens with one attached hydrogen (secondary N) is 1. The summed E-state index contributed by atoms with van der Waals surface area (Å²) in [5.74, 6) is -0.572. The summed E-state index contributed by atoms with van der Waals surface area (Å²) in [6.45, 7) is 0. The summed E-state index contributed by atoms with van der Waals surface area (Å²) in [4.78, 5) is 0. The predicted octanol–water partition coefficient (Wildman–Crippen LogP) is 2.90. The molecule has 0 aliphatic heterocycles. The first-order chi connectivity index (χ1) is 6.00. The van der Waals surface area contributed by atoms with Gasteiger partial charge in [-0.2, -0.15) is 0 Å². The van der Waals surface area contributed by atoms with Crippen LogP contribution < -0.4 is 11.1 Å². The fourth-order valence-electron chi connectivity index (χ4n) is 0.780. The maximum absolute atomic E-state index is 13.2. The molecule has 0 fully saturated rings. The minimum atomic E-state index is -0.572. The number of rotatable bonds is 1. The van der Waals surface area contributed by atoms with Gasteiger partial charge in [-0.15, -0.1) is 0 Å². The van der Waals surface area contributed by atoms with Crippen molar-refractivity contribution in [2.75, 3.05) is 5.32 Å². The second-order valence-corrected chi connectivity index (χ2v) is 4.00. The molecule has 0 aliphatic carbocycles. The highest BCUT2D eigenvalue weighted by molar-refractivity contribution is 9.10. The molecule has 0 radical (unpaired) electrons. The molecule has 0 unspecified atom stereocenters. The first-order valence-corrected chi connectivity index (χ1v) is 4.79. The SMILES string of the molecule is NC(=S)Nc1cc(Br)cc(Cl)c1F. The van der Waals surface area contributed by atoms with Gasteiger partial charge in [0.05, 0.1) is 10.7 Å². The summed E-state index contributed by atoms with van der Waals surface area (Å²) in [5.41, 5.74) is 5.35. The van der Waals surface area contributed by atoms with E-state index in [1.807, 2.05) is 0 Å². The van der Waals surface area contributed by atoms with Crippen LogP contribution in [0.1, 0.15) is 0 Å². The van der Waals surface area contributed by atoms with Crippen LogP contribution in [0.2, 0.25) is 5.02 Å². The second kappa shape index (κ2) is 4.21. The molecule has 0 bridgehead atoms. The van der Waals surface area contributed by atoms with E-state index in [-0.39, 0.29) is 15.8 Å². The number of hydrogen-bond donors (Lipinski definition) is 2. The van der Waals surface area contributed by atoms with Crippen LogP contribution in [0.5, 0.6) is 0 Å². The van der Waals surface area contributed by atoms with Crippen LogP contribution in [-0.2, 0) is 0 Å². The van der Waals surface area contributed by atoms with Gasteiger partial charge in [-0.25, -0.2) is 4.39 Å². The van der Waals surface area contributed by atoms with E-state index in [0.29, 0.717) is 4.47 Å². The van der Waals surface area contributed by atoms with Gasteiger partial charge < -0.3 is 11.1 Å². The van der Waals surface area contributed by atoms with Crippen LogP contribution in [-0.4, -0.2) is 5.11 Å².